The summed E-state index contributed by atoms with van der Waals surface area (Å²) >= 11 is 0. The van der Waals surface area contributed by atoms with Gasteiger partial charge in [0.25, 0.3) is 0 Å². The second kappa shape index (κ2) is 12.4. The summed E-state index contributed by atoms with van der Waals surface area (Å²) in [7, 11) is 0. The van der Waals surface area contributed by atoms with Crippen molar-refractivity contribution in [2.24, 2.45) is 23.7 Å². The average Bonchev–Trinajstić information content (AvgIpc) is 3.02. The standard InChI is InChI=1S/C26H36N2O4/c1-5-6-12-22-18(4)13-23(30)24(22)28-26(32)20(14-19-10-8-7-9-11-19)15-21(29)16-27-25(31)17(2)3/h1,6-12,17-18,20-24,29-30H,13-16H2,2-4H3,(H,27,31)(H,28,32). The number of allylic oxidation sites excluding steroid dienone is 1. The van der Waals surface area contributed by atoms with E-state index in [1.807, 2.05) is 43.3 Å². The van der Waals surface area contributed by atoms with Gasteiger partial charge < -0.3 is 20.8 Å². The largest absolute Gasteiger partial charge is 0.391 e. The van der Waals surface area contributed by atoms with Crippen LogP contribution in [0.4, 0.5) is 0 Å². The molecule has 0 radical (unpaired) electrons. The van der Waals surface area contributed by atoms with Crippen LogP contribution in [0.2, 0.25) is 0 Å². The molecular weight excluding hydrogens is 404 g/mol. The molecular formula is C26H36N2O4. The van der Waals surface area contributed by atoms with E-state index in [1.165, 1.54) is 0 Å². The second-order valence-electron chi connectivity index (χ2n) is 9.09. The van der Waals surface area contributed by atoms with E-state index in [9.17, 15) is 19.8 Å². The van der Waals surface area contributed by atoms with Gasteiger partial charge in [0, 0.05) is 24.3 Å². The van der Waals surface area contributed by atoms with E-state index < -0.39 is 24.2 Å². The summed E-state index contributed by atoms with van der Waals surface area (Å²) < 4.78 is 0. The van der Waals surface area contributed by atoms with Gasteiger partial charge in [0.15, 0.2) is 0 Å². The highest BCUT2D eigenvalue weighted by Crippen LogP contribution is 2.33. The first-order valence-electron chi connectivity index (χ1n) is 11.3. The lowest BCUT2D eigenvalue weighted by Crippen LogP contribution is -2.47. The Morgan fingerprint density at radius 1 is 1.25 bits per heavy atom. The molecule has 0 heterocycles. The van der Waals surface area contributed by atoms with Crippen molar-refractivity contribution in [3.63, 3.8) is 0 Å². The molecule has 2 rings (SSSR count). The molecule has 2 amide bonds. The summed E-state index contributed by atoms with van der Waals surface area (Å²) in [5.41, 5.74) is 0.982. The third kappa shape index (κ3) is 7.51. The predicted molar refractivity (Wildman–Crippen MR) is 125 cm³/mol. The molecule has 6 nitrogen and oxygen atoms in total. The van der Waals surface area contributed by atoms with Gasteiger partial charge in [-0.1, -0.05) is 63.1 Å². The van der Waals surface area contributed by atoms with Crippen molar-refractivity contribution in [3.05, 3.63) is 48.0 Å². The maximum Gasteiger partial charge on any atom is 0.223 e. The molecule has 1 aromatic rings. The van der Waals surface area contributed by atoms with Gasteiger partial charge in [-0.3, -0.25) is 9.59 Å². The number of terminal acetylenes is 1. The van der Waals surface area contributed by atoms with Crippen molar-refractivity contribution in [1.29, 1.82) is 0 Å². The number of nitrogens with one attached hydrogen (secondary N) is 2. The monoisotopic (exact) mass is 440 g/mol. The van der Waals surface area contributed by atoms with Crippen LogP contribution in [0.5, 0.6) is 0 Å². The maximum absolute atomic E-state index is 13.3. The number of carbonyl (C=O) groups is 2. The van der Waals surface area contributed by atoms with Crippen LogP contribution in [0, 0.1) is 36.0 Å². The molecule has 0 saturated heterocycles. The van der Waals surface area contributed by atoms with E-state index in [0.717, 1.165) is 5.56 Å². The fourth-order valence-electron chi connectivity index (χ4n) is 4.26. The number of carbonyl (C=O) groups excluding carboxylic acids is 2. The third-order valence-corrected chi connectivity index (χ3v) is 6.11. The van der Waals surface area contributed by atoms with Crippen LogP contribution >= 0.6 is 0 Å². The third-order valence-electron chi connectivity index (χ3n) is 6.11. The Balaban J connectivity index is 2.11. The average molecular weight is 441 g/mol. The fraction of sp³-hybridized carbons (Fsp3) is 0.538. The van der Waals surface area contributed by atoms with Gasteiger partial charge in [-0.25, -0.2) is 0 Å². The van der Waals surface area contributed by atoms with Crippen LogP contribution in [-0.4, -0.2) is 46.8 Å². The first kappa shape index (κ1) is 25.6. The molecule has 174 valence electrons. The van der Waals surface area contributed by atoms with Crippen molar-refractivity contribution in [1.82, 2.24) is 10.6 Å². The number of aliphatic hydroxyl groups excluding tert-OH is 2. The molecule has 0 aromatic heterocycles. The fourth-order valence-corrected chi connectivity index (χ4v) is 4.26. The van der Waals surface area contributed by atoms with Crippen molar-refractivity contribution in [3.8, 4) is 12.3 Å². The SMILES string of the molecule is C#CC=CC1C(C)CC(O)C1NC(=O)C(Cc1ccccc1)CC(O)CNC(=O)C(C)C. The lowest BCUT2D eigenvalue weighted by molar-refractivity contribution is -0.127. The Morgan fingerprint density at radius 2 is 1.94 bits per heavy atom. The summed E-state index contributed by atoms with van der Waals surface area (Å²) in [5.74, 6) is 1.55. The minimum absolute atomic E-state index is 0.0578. The van der Waals surface area contributed by atoms with Crippen LogP contribution in [0.3, 0.4) is 0 Å². The van der Waals surface area contributed by atoms with Gasteiger partial charge in [-0.2, -0.15) is 0 Å². The van der Waals surface area contributed by atoms with E-state index in [-0.39, 0.29) is 42.5 Å². The number of hydrogen-bond donors (Lipinski definition) is 4. The molecule has 4 N–H and O–H groups in total. The Bertz CT molecular complexity index is 815. The van der Waals surface area contributed by atoms with E-state index in [4.69, 9.17) is 6.42 Å². The maximum atomic E-state index is 13.3. The zero-order valence-electron chi connectivity index (χ0n) is 19.2. The van der Waals surface area contributed by atoms with Crippen molar-refractivity contribution >= 4 is 11.8 Å². The van der Waals surface area contributed by atoms with E-state index in [2.05, 4.69) is 16.6 Å². The Morgan fingerprint density at radius 3 is 2.56 bits per heavy atom. The van der Waals surface area contributed by atoms with Gasteiger partial charge in [0.2, 0.25) is 11.8 Å². The topological polar surface area (TPSA) is 98.7 Å². The highest BCUT2D eigenvalue weighted by atomic mass is 16.3. The molecule has 1 aliphatic rings. The van der Waals surface area contributed by atoms with Crippen molar-refractivity contribution in [2.75, 3.05) is 6.54 Å². The van der Waals surface area contributed by atoms with Gasteiger partial charge in [0.05, 0.1) is 18.2 Å². The summed E-state index contributed by atoms with van der Waals surface area (Å²) in [5, 5.41) is 26.8. The molecule has 32 heavy (non-hydrogen) atoms. The number of aliphatic hydroxyl groups is 2. The van der Waals surface area contributed by atoms with Crippen molar-refractivity contribution in [2.45, 2.75) is 58.3 Å². The van der Waals surface area contributed by atoms with Crippen LogP contribution in [-0.2, 0) is 16.0 Å². The molecule has 6 unspecified atom stereocenters. The lowest BCUT2D eigenvalue weighted by Gasteiger charge is -2.27. The smallest absolute Gasteiger partial charge is 0.223 e. The summed E-state index contributed by atoms with van der Waals surface area (Å²) in [6.45, 7) is 5.69. The molecule has 6 heteroatoms. The minimum atomic E-state index is -0.860. The van der Waals surface area contributed by atoms with Gasteiger partial charge in [-0.15, -0.1) is 6.42 Å². The Kier molecular flexibility index (Phi) is 9.96. The number of rotatable bonds is 10. The molecule has 0 spiro atoms. The molecule has 1 fully saturated rings. The quantitative estimate of drug-likeness (QED) is 0.419. The number of amides is 2. The highest BCUT2D eigenvalue weighted by molar-refractivity contribution is 5.80. The summed E-state index contributed by atoms with van der Waals surface area (Å²) in [6, 6.07) is 9.18. The number of hydrogen-bond acceptors (Lipinski definition) is 4. The molecule has 0 bridgehead atoms. The molecule has 6 atom stereocenters. The van der Waals surface area contributed by atoms with Gasteiger partial charge in [-0.05, 0) is 36.8 Å². The molecule has 0 aliphatic heterocycles. The second-order valence-corrected chi connectivity index (χ2v) is 9.09. The molecule has 1 aliphatic carbocycles. The Labute approximate surface area is 191 Å². The predicted octanol–water partition coefficient (Wildman–Crippen LogP) is 2.06. The zero-order valence-corrected chi connectivity index (χ0v) is 19.2. The van der Waals surface area contributed by atoms with E-state index >= 15 is 0 Å². The summed E-state index contributed by atoms with van der Waals surface area (Å²) in [4.78, 5) is 25.1. The van der Waals surface area contributed by atoms with Crippen molar-refractivity contribution < 1.29 is 19.8 Å². The van der Waals surface area contributed by atoms with Gasteiger partial charge >= 0.3 is 0 Å². The normalized spacial score (nSPS) is 24.8. The molecule has 1 saturated carbocycles. The first-order chi connectivity index (χ1) is 15.2. The zero-order chi connectivity index (χ0) is 23.7. The Hall–Kier alpha value is -2.62. The summed E-state index contributed by atoms with van der Waals surface area (Å²) in [6.07, 6.45) is 8.54. The van der Waals surface area contributed by atoms with Crippen LogP contribution in [0.25, 0.3) is 0 Å². The van der Waals surface area contributed by atoms with E-state index in [1.54, 1.807) is 19.9 Å². The number of benzene rings is 1. The first-order valence-corrected chi connectivity index (χ1v) is 11.3. The van der Waals surface area contributed by atoms with E-state index in [0.29, 0.717) is 12.8 Å². The molecule has 1 aromatic carbocycles. The minimum Gasteiger partial charge on any atom is -0.391 e. The van der Waals surface area contributed by atoms with Crippen LogP contribution in [0.1, 0.15) is 39.2 Å². The van der Waals surface area contributed by atoms with Crippen LogP contribution in [0.15, 0.2) is 42.5 Å². The highest BCUT2D eigenvalue weighted by Gasteiger charge is 2.40. The lowest BCUT2D eigenvalue weighted by atomic mass is 9.90. The van der Waals surface area contributed by atoms with Gasteiger partial charge in [0.1, 0.15) is 0 Å². The van der Waals surface area contributed by atoms with Crippen LogP contribution < -0.4 is 10.6 Å².